The van der Waals surface area contributed by atoms with Gasteiger partial charge in [0.05, 0.1) is 17.1 Å². The van der Waals surface area contributed by atoms with Crippen molar-refractivity contribution >= 4 is 11.7 Å². The fraction of sp³-hybridized carbons (Fsp3) is 0.778. The van der Waals surface area contributed by atoms with E-state index < -0.39 is 0 Å². The Hall–Kier alpha value is -1.52. The molecule has 2 aliphatic carbocycles. The van der Waals surface area contributed by atoms with E-state index in [-0.39, 0.29) is 6.03 Å². The Bertz CT molecular complexity index is 640. The van der Waals surface area contributed by atoms with E-state index in [4.69, 9.17) is 0 Å². The second-order valence-corrected chi connectivity index (χ2v) is 8.14. The van der Waals surface area contributed by atoms with Crippen molar-refractivity contribution in [3.8, 4) is 0 Å². The van der Waals surface area contributed by atoms with Crippen LogP contribution in [0.2, 0.25) is 0 Å². The maximum absolute atomic E-state index is 12.8. The van der Waals surface area contributed by atoms with Crippen molar-refractivity contribution in [1.82, 2.24) is 14.7 Å². The molecule has 0 aromatic carbocycles. The molecule has 126 valence electrons. The van der Waals surface area contributed by atoms with Crippen LogP contribution in [-0.2, 0) is 0 Å². The van der Waals surface area contributed by atoms with Crippen LogP contribution in [0.15, 0.2) is 0 Å². The Morgan fingerprint density at radius 2 is 2.00 bits per heavy atom. The number of nitrogens with zero attached hydrogens (tertiary/aromatic N) is 3. The second-order valence-electron chi connectivity index (χ2n) is 8.14. The van der Waals surface area contributed by atoms with Crippen molar-refractivity contribution in [2.24, 2.45) is 11.3 Å². The molecule has 0 bridgehead atoms. The van der Waals surface area contributed by atoms with Gasteiger partial charge in [0.2, 0.25) is 0 Å². The molecule has 1 saturated heterocycles. The number of rotatable bonds is 3. The molecule has 23 heavy (non-hydrogen) atoms. The number of likely N-dealkylation sites (tertiary alicyclic amines) is 1. The number of aryl methyl sites for hydroxylation is 1. The van der Waals surface area contributed by atoms with E-state index in [1.807, 2.05) is 18.5 Å². The van der Waals surface area contributed by atoms with Crippen molar-refractivity contribution in [2.45, 2.75) is 71.9 Å². The van der Waals surface area contributed by atoms with Crippen molar-refractivity contribution in [3.05, 3.63) is 11.4 Å². The maximum atomic E-state index is 12.8. The number of anilines is 1. The van der Waals surface area contributed by atoms with Crippen molar-refractivity contribution in [2.75, 3.05) is 11.9 Å². The summed E-state index contributed by atoms with van der Waals surface area (Å²) in [5, 5.41) is 7.73. The molecule has 2 heterocycles. The molecule has 1 unspecified atom stereocenters. The summed E-state index contributed by atoms with van der Waals surface area (Å²) < 4.78 is 1.99. The summed E-state index contributed by atoms with van der Waals surface area (Å²) in [4.78, 5) is 14.9. The SMILES string of the molecule is Cc1nn(C(C)C)c(C)c1NC(=O)N1CC2(CCC2)C1C1CC1. The van der Waals surface area contributed by atoms with Crippen LogP contribution in [0.5, 0.6) is 0 Å². The van der Waals surface area contributed by atoms with Crippen molar-refractivity contribution in [3.63, 3.8) is 0 Å². The van der Waals surface area contributed by atoms with Gasteiger partial charge in [-0.3, -0.25) is 4.68 Å². The van der Waals surface area contributed by atoms with Crippen LogP contribution in [-0.4, -0.2) is 33.3 Å². The summed E-state index contributed by atoms with van der Waals surface area (Å²) in [6.07, 6.45) is 6.60. The lowest BCUT2D eigenvalue weighted by molar-refractivity contribution is -0.104. The minimum absolute atomic E-state index is 0.0777. The van der Waals surface area contributed by atoms with Crippen molar-refractivity contribution < 1.29 is 4.79 Å². The van der Waals surface area contributed by atoms with Crippen LogP contribution in [0.3, 0.4) is 0 Å². The molecule has 2 amide bonds. The van der Waals surface area contributed by atoms with Gasteiger partial charge in [0.15, 0.2) is 0 Å². The summed E-state index contributed by atoms with van der Waals surface area (Å²) in [7, 11) is 0. The lowest BCUT2D eigenvalue weighted by Gasteiger charge is -2.62. The Balaban J connectivity index is 1.50. The first kappa shape index (κ1) is 15.0. The standard InChI is InChI=1S/C18H28N4O/c1-11(2)22-13(4)15(12(3)20-22)19-17(23)21-10-18(8-5-9-18)16(21)14-6-7-14/h11,14,16H,5-10H2,1-4H3,(H,19,23). The number of nitrogens with one attached hydrogen (secondary N) is 1. The molecular weight excluding hydrogens is 288 g/mol. The van der Waals surface area contributed by atoms with Gasteiger partial charge < -0.3 is 10.2 Å². The Morgan fingerprint density at radius 1 is 1.30 bits per heavy atom. The summed E-state index contributed by atoms with van der Waals surface area (Å²) in [5.41, 5.74) is 3.33. The Morgan fingerprint density at radius 3 is 2.48 bits per heavy atom. The van der Waals surface area contributed by atoms with Gasteiger partial charge in [0.25, 0.3) is 0 Å². The number of carbonyl (C=O) groups excluding carboxylic acids is 1. The summed E-state index contributed by atoms with van der Waals surface area (Å²) >= 11 is 0. The van der Waals surface area contributed by atoms with Gasteiger partial charge in [-0.15, -0.1) is 0 Å². The first-order chi connectivity index (χ1) is 10.9. The molecule has 1 aromatic rings. The quantitative estimate of drug-likeness (QED) is 0.920. The zero-order valence-electron chi connectivity index (χ0n) is 14.7. The average Bonchev–Trinajstić information content (AvgIpc) is 3.18. The molecule has 1 N–H and O–H groups in total. The molecule has 1 spiro atoms. The zero-order valence-corrected chi connectivity index (χ0v) is 14.7. The van der Waals surface area contributed by atoms with Gasteiger partial charge in [-0.25, -0.2) is 4.79 Å². The van der Waals surface area contributed by atoms with E-state index in [1.54, 1.807) is 0 Å². The zero-order chi connectivity index (χ0) is 16.4. The highest BCUT2D eigenvalue weighted by atomic mass is 16.2. The van der Waals surface area contributed by atoms with Gasteiger partial charge in [-0.1, -0.05) is 6.42 Å². The van der Waals surface area contributed by atoms with E-state index in [0.717, 1.165) is 29.5 Å². The fourth-order valence-electron chi connectivity index (χ4n) is 4.72. The Kier molecular flexibility index (Phi) is 3.26. The van der Waals surface area contributed by atoms with E-state index in [9.17, 15) is 4.79 Å². The predicted octanol–water partition coefficient (Wildman–Crippen LogP) is 3.88. The minimum atomic E-state index is 0.0777. The highest BCUT2D eigenvalue weighted by molar-refractivity contribution is 5.91. The molecule has 3 fully saturated rings. The van der Waals surface area contributed by atoms with Crippen molar-refractivity contribution in [1.29, 1.82) is 0 Å². The van der Waals surface area contributed by atoms with Gasteiger partial charge in [0, 0.05) is 24.0 Å². The molecule has 5 heteroatoms. The van der Waals surface area contributed by atoms with Crippen LogP contribution in [0.1, 0.15) is 63.4 Å². The smallest absolute Gasteiger partial charge is 0.320 e. The van der Waals surface area contributed by atoms with Gasteiger partial charge in [-0.05, 0) is 59.3 Å². The molecule has 0 radical (unpaired) electrons. The Labute approximate surface area is 138 Å². The third-order valence-electron chi connectivity index (χ3n) is 6.17. The molecule has 5 nitrogen and oxygen atoms in total. The lowest BCUT2D eigenvalue weighted by atomic mass is 9.57. The van der Waals surface area contributed by atoms with Crippen LogP contribution in [0.25, 0.3) is 0 Å². The number of hydrogen-bond donors (Lipinski definition) is 1. The summed E-state index contributed by atoms with van der Waals surface area (Å²) in [6, 6.07) is 0.881. The first-order valence-electron chi connectivity index (χ1n) is 9.06. The van der Waals surface area contributed by atoms with Gasteiger partial charge in [-0.2, -0.15) is 5.10 Å². The first-order valence-corrected chi connectivity index (χ1v) is 9.06. The van der Waals surface area contributed by atoms with Gasteiger partial charge >= 0.3 is 6.03 Å². The third kappa shape index (κ3) is 2.19. The second kappa shape index (κ2) is 4.99. The number of carbonyl (C=O) groups is 1. The highest BCUT2D eigenvalue weighted by Gasteiger charge is 2.61. The normalized spacial score (nSPS) is 25.4. The molecular formula is C18H28N4O. The third-order valence-corrected chi connectivity index (χ3v) is 6.17. The molecule has 4 rings (SSSR count). The van der Waals surface area contributed by atoms with E-state index >= 15 is 0 Å². The summed E-state index contributed by atoms with van der Waals surface area (Å²) in [6.45, 7) is 9.20. The summed E-state index contributed by atoms with van der Waals surface area (Å²) in [5.74, 6) is 0.760. The largest absolute Gasteiger partial charge is 0.322 e. The monoisotopic (exact) mass is 316 g/mol. The molecule has 1 aliphatic heterocycles. The number of hydrogen-bond acceptors (Lipinski definition) is 2. The topological polar surface area (TPSA) is 50.2 Å². The lowest BCUT2D eigenvalue weighted by Crippen LogP contribution is -2.70. The van der Waals surface area contributed by atoms with Gasteiger partial charge in [0.1, 0.15) is 0 Å². The van der Waals surface area contributed by atoms with E-state index in [1.165, 1.54) is 32.1 Å². The molecule has 2 saturated carbocycles. The number of aromatic nitrogens is 2. The molecule has 1 atom stereocenters. The van der Waals surface area contributed by atoms with Crippen LogP contribution < -0.4 is 5.32 Å². The van der Waals surface area contributed by atoms with Crippen LogP contribution in [0, 0.1) is 25.2 Å². The average molecular weight is 316 g/mol. The fourth-order valence-corrected chi connectivity index (χ4v) is 4.72. The van der Waals surface area contributed by atoms with E-state index in [2.05, 4.69) is 29.2 Å². The molecule has 3 aliphatic rings. The maximum Gasteiger partial charge on any atom is 0.322 e. The predicted molar refractivity (Wildman–Crippen MR) is 90.6 cm³/mol. The van der Waals surface area contributed by atoms with Crippen LogP contribution in [0.4, 0.5) is 10.5 Å². The molecule has 1 aromatic heterocycles. The highest BCUT2D eigenvalue weighted by Crippen LogP contribution is 2.59. The van der Waals surface area contributed by atoms with E-state index in [0.29, 0.717) is 17.5 Å². The minimum Gasteiger partial charge on any atom is -0.320 e. The van der Waals surface area contributed by atoms with Crippen LogP contribution >= 0.6 is 0 Å². The number of amides is 2. The number of urea groups is 1.